The Kier molecular flexibility index (Phi) is 3.92. The van der Waals surface area contributed by atoms with E-state index >= 15 is 0 Å². The highest BCUT2D eigenvalue weighted by Gasteiger charge is 2.30. The zero-order valence-corrected chi connectivity index (χ0v) is 13.0. The van der Waals surface area contributed by atoms with E-state index in [9.17, 15) is 5.26 Å². The highest BCUT2D eigenvalue weighted by atomic mass is 32.1. The lowest BCUT2D eigenvalue weighted by Gasteiger charge is -2.39. The number of nitriles is 2. The molecular weight excluding hydrogens is 268 g/mol. The molecule has 2 heterocycles. The van der Waals surface area contributed by atoms with Crippen LogP contribution >= 0.6 is 11.3 Å². The zero-order valence-electron chi connectivity index (χ0n) is 12.2. The number of rotatable bonds is 1. The second-order valence-corrected chi connectivity index (χ2v) is 7.38. The van der Waals surface area contributed by atoms with Gasteiger partial charge >= 0.3 is 0 Å². The first kappa shape index (κ1) is 14.7. The first-order chi connectivity index (χ1) is 9.38. The van der Waals surface area contributed by atoms with Gasteiger partial charge < -0.3 is 10.6 Å². The Morgan fingerprint density at radius 1 is 1.20 bits per heavy atom. The fourth-order valence-corrected chi connectivity index (χ4v) is 3.81. The minimum absolute atomic E-state index is 0.330. The molecule has 0 bridgehead atoms. The molecule has 0 spiro atoms. The van der Waals surface area contributed by atoms with Gasteiger partial charge in [-0.1, -0.05) is 20.8 Å². The lowest BCUT2D eigenvalue weighted by Crippen LogP contribution is -2.37. The molecule has 1 aromatic rings. The third-order valence-corrected chi connectivity index (χ3v) is 5.32. The van der Waals surface area contributed by atoms with E-state index in [1.807, 2.05) is 0 Å². The smallest absolute Gasteiger partial charge is 0.131 e. The van der Waals surface area contributed by atoms with Gasteiger partial charge in [0.25, 0.3) is 0 Å². The largest absolute Gasteiger partial charge is 0.396 e. The third-order valence-electron chi connectivity index (χ3n) is 4.15. The van der Waals surface area contributed by atoms with Crippen LogP contribution in [0.1, 0.15) is 44.1 Å². The third kappa shape index (κ3) is 2.59. The summed E-state index contributed by atoms with van der Waals surface area (Å²) in [7, 11) is 0. The molecule has 2 rings (SSSR count). The van der Waals surface area contributed by atoms with Crippen molar-refractivity contribution in [3.05, 3.63) is 10.4 Å². The van der Waals surface area contributed by atoms with Crippen LogP contribution < -0.4 is 10.6 Å². The Hall–Kier alpha value is -1.72. The second kappa shape index (κ2) is 5.34. The van der Waals surface area contributed by atoms with Gasteiger partial charge in [-0.25, -0.2) is 0 Å². The molecule has 0 amide bonds. The molecule has 1 aliphatic rings. The standard InChI is InChI=1S/C15H20N4S/c1-15(2,3)10-4-6-19(7-5-10)14-11(8-16)13(18)12(9-17)20-14/h10H,4-7,18H2,1-3H3. The van der Waals surface area contributed by atoms with Gasteiger partial charge in [-0.2, -0.15) is 10.5 Å². The van der Waals surface area contributed by atoms with Crippen LogP contribution in [0.15, 0.2) is 0 Å². The monoisotopic (exact) mass is 288 g/mol. The van der Waals surface area contributed by atoms with E-state index in [1.165, 1.54) is 11.3 Å². The van der Waals surface area contributed by atoms with E-state index in [2.05, 4.69) is 37.8 Å². The van der Waals surface area contributed by atoms with Gasteiger partial charge in [0.05, 0.1) is 5.69 Å². The van der Waals surface area contributed by atoms with E-state index in [0.29, 0.717) is 27.5 Å². The summed E-state index contributed by atoms with van der Waals surface area (Å²) in [6, 6.07) is 4.23. The van der Waals surface area contributed by atoms with Gasteiger partial charge in [0.2, 0.25) is 0 Å². The first-order valence-electron chi connectivity index (χ1n) is 6.86. The Labute approximate surface area is 124 Å². The van der Waals surface area contributed by atoms with Crippen molar-refractivity contribution in [3.8, 4) is 12.1 Å². The summed E-state index contributed by atoms with van der Waals surface area (Å²) in [6.45, 7) is 8.71. The van der Waals surface area contributed by atoms with Gasteiger partial charge in [0.1, 0.15) is 27.6 Å². The summed E-state index contributed by atoms with van der Waals surface area (Å²) in [5, 5.41) is 19.2. The molecule has 1 fully saturated rings. The molecule has 0 unspecified atom stereocenters. The molecule has 0 radical (unpaired) electrons. The van der Waals surface area contributed by atoms with Crippen LogP contribution in [0.5, 0.6) is 0 Å². The molecule has 2 N–H and O–H groups in total. The highest BCUT2D eigenvalue weighted by Crippen LogP contribution is 2.41. The number of nitrogens with zero attached hydrogens (tertiary/aromatic N) is 3. The molecule has 0 aliphatic carbocycles. The summed E-state index contributed by atoms with van der Waals surface area (Å²) in [5.74, 6) is 0.706. The maximum Gasteiger partial charge on any atom is 0.131 e. The van der Waals surface area contributed by atoms with Crippen LogP contribution in [0, 0.1) is 34.0 Å². The van der Waals surface area contributed by atoms with E-state index in [-0.39, 0.29) is 0 Å². The number of hydrogen-bond acceptors (Lipinski definition) is 5. The second-order valence-electron chi connectivity index (χ2n) is 6.38. The van der Waals surface area contributed by atoms with Crippen molar-refractivity contribution in [2.45, 2.75) is 33.6 Å². The normalized spacial score (nSPS) is 16.8. The topological polar surface area (TPSA) is 76.8 Å². The summed E-state index contributed by atoms with van der Waals surface area (Å²) in [5.41, 5.74) is 7.01. The summed E-state index contributed by atoms with van der Waals surface area (Å²) in [6.07, 6.45) is 2.24. The molecular formula is C15H20N4S. The number of nitrogen functional groups attached to an aromatic ring is 1. The van der Waals surface area contributed by atoms with Gasteiger partial charge in [0.15, 0.2) is 0 Å². The minimum atomic E-state index is 0.330. The summed E-state index contributed by atoms with van der Waals surface area (Å²) >= 11 is 1.34. The summed E-state index contributed by atoms with van der Waals surface area (Å²) in [4.78, 5) is 2.66. The number of hydrogen-bond donors (Lipinski definition) is 1. The van der Waals surface area contributed by atoms with Crippen molar-refractivity contribution in [2.75, 3.05) is 23.7 Å². The maximum atomic E-state index is 9.26. The molecule has 20 heavy (non-hydrogen) atoms. The van der Waals surface area contributed by atoms with Crippen molar-refractivity contribution in [1.29, 1.82) is 10.5 Å². The van der Waals surface area contributed by atoms with Crippen molar-refractivity contribution in [3.63, 3.8) is 0 Å². The number of anilines is 2. The first-order valence-corrected chi connectivity index (χ1v) is 7.67. The Balaban J connectivity index is 2.20. The minimum Gasteiger partial charge on any atom is -0.396 e. The van der Waals surface area contributed by atoms with Crippen LogP contribution in [0.3, 0.4) is 0 Å². The van der Waals surface area contributed by atoms with Crippen LogP contribution in [0.4, 0.5) is 10.7 Å². The van der Waals surface area contributed by atoms with E-state index in [1.54, 1.807) is 0 Å². The van der Waals surface area contributed by atoms with Crippen LogP contribution in [0.25, 0.3) is 0 Å². The van der Waals surface area contributed by atoms with Crippen LogP contribution in [0.2, 0.25) is 0 Å². The Morgan fingerprint density at radius 2 is 1.80 bits per heavy atom. The molecule has 1 aliphatic heterocycles. The predicted octanol–water partition coefficient (Wildman–Crippen LogP) is 3.34. The van der Waals surface area contributed by atoms with E-state index in [0.717, 1.165) is 30.9 Å². The zero-order chi connectivity index (χ0) is 14.9. The average molecular weight is 288 g/mol. The molecule has 4 nitrogen and oxygen atoms in total. The molecule has 1 saturated heterocycles. The number of thiophene rings is 1. The van der Waals surface area contributed by atoms with Crippen LogP contribution in [-0.2, 0) is 0 Å². The summed E-state index contributed by atoms with van der Waals surface area (Å²) < 4.78 is 0. The Morgan fingerprint density at radius 3 is 2.25 bits per heavy atom. The van der Waals surface area contributed by atoms with Crippen molar-refractivity contribution < 1.29 is 0 Å². The molecule has 0 atom stereocenters. The van der Waals surface area contributed by atoms with Crippen LogP contribution in [-0.4, -0.2) is 13.1 Å². The molecule has 106 valence electrons. The van der Waals surface area contributed by atoms with E-state index in [4.69, 9.17) is 11.0 Å². The Bertz CT molecular complexity index is 575. The quantitative estimate of drug-likeness (QED) is 0.859. The van der Waals surface area contributed by atoms with Gasteiger partial charge in [-0.05, 0) is 24.2 Å². The fraction of sp³-hybridized carbons (Fsp3) is 0.600. The number of nitrogens with two attached hydrogens (primary N) is 1. The molecule has 0 saturated carbocycles. The SMILES string of the molecule is CC(C)(C)C1CCN(c2sc(C#N)c(N)c2C#N)CC1. The highest BCUT2D eigenvalue weighted by molar-refractivity contribution is 7.17. The molecule has 5 heteroatoms. The predicted molar refractivity (Wildman–Crippen MR) is 82.6 cm³/mol. The van der Waals surface area contributed by atoms with Gasteiger partial charge in [-0.15, -0.1) is 11.3 Å². The van der Waals surface area contributed by atoms with Gasteiger partial charge in [0, 0.05) is 13.1 Å². The van der Waals surface area contributed by atoms with Crippen molar-refractivity contribution in [2.24, 2.45) is 11.3 Å². The fourth-order valence-electron chi connectivity index (χ4n) is 2.79. The van der Waals surface area contributed by atoms with Crippen molar-refractivity contribution in [1.82, 2.24) is 0 Å². The lowest BCUT2D eigenvalue weighted by atomic mass is 9.75. The maximum absolute atomic E-state index is 9.26. The average Bonchev–Trinajstić information content (AvgIpc) is 2.74. The number of piperidine rings is 1. The van der Waals surface area contributed by atoms with Crippen molar-refractivity contribution >= 4 is 22.0 Å². The molecule has 0 aromatic carbocycles. The lowest BCUT2D eigenvalue weighted by molar-refractivity contribution is 0.199. The molecule has 1 aromatic heterocycles. The van der Waals surface area contributed by atoms with Gasteiger partial charge in [-0.3, -0.25) is 0 Å². The van der Waals surface area contributed by atoms with E-state index < -0.39 is 0 Å².